The van der Waals surface area contributed by atoms with Crippen molar-refractivity contribution in [2.24, 2.45) is 11.0 Å². The Balaban J connectivity index is 1.90. The number of amides is 1. The van der Waals surface area contributed by atoms with E-state index in [1.807, 2.05) is 5.43 Å². The van der Waals surface area contributed by atoms with E-state index in [1.54, 1.807) is 7.11 Å². The van der Waals surface area contributed by atoms with E-state index < -0.39 is 5.91 Å². The number of hydrazine groups is 1. The van der Waals surface area contributed by atoms with Crippen LogP contribution in [0.5, 0.6) is 23.0 Å². The lowest BCUT2D eigenvalue weighted by Crippen LogP contribution is -2.36. The molecule has 0 bridgehead atoms. The molecule has 9 nitrogen and oxygen atoms in total. The Morgan fingerprint density at radius 2 is 2.00 bits per heavy atom. The summed E-state index contributed by atoms with van der Waals surface area (Å²) in [5, 5.41) is 3.77. The van der Waals surface area contributed by atoms with E-state index in [-0.39, 0.29) is 18.6 Å². The number of carbonyl (C=O) groups is 1. The van der Waals surface area contributed by atoms with Crippen LogP contribution in [0, 0.1) is 0 Å². The number of oxime groups is 1. The fraction of sp³-hybridized carbons (Fsp3) is 0.429. The van der Waals surface area contributed by atoms with Gasteiger partial charge in [0.1, 0.15) is 11.8 Å². The number of fused-ring (bicyclic) bond motifs is 1. The van der Waals surface area contributed by atoms with Crippen molar-refractivity contribution in [3.05, 3.63) is 10.0 Å². The van der Waals surface area contributed by atoms with Crippen molar-refractivity contribution in [3.63, 3.8) is 0 Å². The number of rotatable bonds is 5. The van der Waals surface area contributed by atoms with Gasteiger partial charge in [-0.25, -0.2) is 5.84 Å². The first-order valence-electron chi connectivity index (χ1n) is 7.06. The zero-order chi connectivity index (χ0) is 17.3. The van der Waals surface area contributed by atoms with Crippen LogP contribution >= 0.6 is 15.9 Å². The van der Waals surface area contributed by atoms with Crippen molar-refractivity contribution >= 4 is 27.5 Å². The molecule has 0 spiro atoms. The number of nitrogens with two attached hydrogens (primary N) is 1. The van der Waals surface area contributed by atoms with Crippen molar-refractivity contribution in [1.82, 2.24) is 5.43 Å². The average Bonchev–Trinajstić information content (AvgIpc) is 3.24. The lowest BCUT2D eigenvalue weighted by molar-refractivity contribution is -0.115. The second kappa shape index (κ2) is 6.73. The van der Waals surface area contributed by atoms with Crippen LogP contribution in [0.1, 0.15) is 12.0 Å². The van der Waals surface area contributed by atoms with Gasteiger partial charge in [-0.3, -0.25) is 10.2 Å². The summed E-state index contributed by atoms with van der Waals surface area (Å²) in [5.41, 5.74) is 3.05. The van der Waals surface area contributed by atoms with Gasteiger partial charge < -0.3 is 23.8 Å². The van der Waals surface area contributed by atoms with Crippen LogP contribution in [0.2, 0.25) is 0 Å². The molecule has 0 radical (unpaired) electrons. The van der Waals surface area contributed by atoms with Crippen LogP contribution in [0.25, 0.3) is 0 Å². The van der Waals surface area contributed by atoms with Gasteiger partial charge in [-0.05, 0) is 15.9 Å². The van der Waals surface area contributed by atoms with E-state index in [1.165, 1.54) is 7.11 Å². The Morgan fingerprint density at radius 3 is 2.62 bits per heavy atom. The molecule has 3 rings (SSSR count). The van der Waals surface area contributed by atoms with Crippen LogP contribution in [0.4, 0.5) is 0 Å². The average molecular weight is 402 g/mol. The van der Waals surface area contributed by atoms with Crippen molar-refractivity contribution in [2.75, 3.05) is 21.0 Å². The molecule has 1 unspecified atom stereocenters. The van der Waals surface area contributed by atoms with E-state index in [0.717, 1.165) is 5.56 Å². The zero-order valence-corrected chi connectivity index (χ0v) is 14.6. The quantitative estimate of drug-likeness (QED) is 0.427. The van der Waals surface area contributed by atoms with E-state index in [9.17, 15) is 4.79 Å². The number of halogens is 1. The Hall–Kier alpha value is -2.20. The lowest BCUT2D eigenvalue weighted by Gasteiger charge is -2.18. The van der Waals surface area contributed by atoms with Gasteiger partial charge in [-0.2, -0.15) is 0 Å². The van der Waals surface area contributed by atoms with Gasteiger partial charge in [0.15, 0.2) is 11.5 Å². The molecular formula is C14H16BrN3O6. The Morgan fingerprint density at radius 1 is 1.33 bits per heavy atom. The minimum atomic E-state index is -0.466. The van der Waals surface area contributed by atoms with Gasteiger partial charge in [0.25, 0.3) is 5.91 Å². The summed E-state index contributed by atoms with van der Waals surface area (Å²) >= 11 is 3.52. The molecule has 2 aliphatic rings. The highest BCUT2D eigenvalue weighted by atomic mass is 79.9. The molecule has 0 aliphatic carbocycles. The monoisotopic (exact) mass is 401 g/mol. The summed E-state index contributed by atoms with van der Waals surface area (Å²) in [4.78, 5) is 16.8. The number of benzene rings is 1. The predicted molar refractivity (Wildman–Crippen MR) is 86.3 cm³/mol. The number of methoxy groups -OCH3 is 2. The second-order valence-electron chi connectivity index (χ2n) is 5.07. The van der Waals surface area contributed by atoms with E-state index >= 15 is 0 Å². The summed E-state index contributed by atoms with van der Waals surface area (Å²) in [5.74, 6) is 6.64. The fourth-order valence-corrected chi connectivity index (χ4v) is 3.34. The molecule has 0 fully saturated rings. The molecule has 24 heavy (non-hydrogen) atoms. The van der Waals surface area contributed by atoms with E-state index in [4.69, 9.17) is 29.6 Å². The number of hydrogen-bond donors (Lipinski definition) is 2. The first-order chi connectivity index (χ1) is 11.6. The third kappa shape index (κ3) is 2.71. The van der Waals surface area contributed by atoms with Crippen molar-refractivity contribution < 1.29 is 28.6 Å². The first-order valence-corrected chi connectivity index (χ1v) is 7.85. The molecule has 0 saturated heterocycles. The highest BCUT2D eigenvalue weighted by Crippen LogP contribution is 2.54. The van der Waals surface area contributed by atoms with E-state index in [2.05, 4.69) is 21.1 Å². The fourth-order valence-electron chi connectivity index (χ4n) is 2.65. The maximum absolute atomic E-state index is 11.5. The molecular weight excluding hydrogens is 386 g/mol. The number of nitrogens with zero attached hydrogens (tertiary/aromatic N) is 1. The molecule has 1 aromatic carbocycles. The molecule has 2 heterocycles. The number of nitrogens with one attached hydrogen (secondary N) is 1. The van der Waals surface area contributed by atoms with Crippen LogP contribution < -0.4 is 30.2 Å². The molecule has 0 aromatic heterocycles. The van der Waals surface area contributed by atoms with Gasteiger partial charge in [-0.15, -0.1) is 0 Å². The molecule has 10 heteroatoms. The van der Waals surface area contributed by atoms with Gasteiger partial charge in [-0.1, -0.05) is 5.16 Å². The number of carbonyl (C=O) groups excluding carboxylic acids is 1. The van der Waals surface area contributed by atoms with Crippen molar-refractivity contribution in [2.45, 2.75) is 18.9 Å². The van der Waals surface area contributed by atoms with Crippen molar-refractivity contribution in [1.29, 1.82) is 0 Å². The highest BCUT2D eigenvalue weighted by Gasteiger charge is 2.34. The number of ether oxygens (including phenoxy) is 4. The van der Waals surface area contributed by atoms with Gasteiger partial charge in [0, 0.05) is 18.4 Å². The van der Waals surface area contributed by atoms with Crippen LogP contribution in [0.15, 0.2) is 9.63 Å². The highest BCUT2D eigenvalue weighted by molar-refractivity contribution is 9.10. The SMILES string of the molecule is COc1c(Br)c(CC2CC(C(=O)NN)=NO2)c(OC)c2c1OCO2. The molecule has 3 N–H and O–H groups in total. The normalized spacial score (nSPS) is 18.0. The predicted octanol–water partition coefficient (Wildman–Crippen LogP) is 0.872. The van der Waals surface area contributed by atoms with Gasteiger partial charge in [0.2, 0.25) is 18.3 Å². The Labute approximate surface area is 146 Å². The van der Waals surface area contributed by atoms with Crippen LogP contribution in [0.3, 0.4) is 0 Å². The second-order valence-corrected chi connectivity index (χ2v) is 5.86. The topological polar surface area (TPSA) is 114 Å². The molecule has 0 saturated carbocycles. The largest absolute Gasteiger partial charge is 0.492 e. The summed E-state index contributed by atoms with van der Waals surface area (Å²) in [6.45, 7) is 0.0851. The van der Waals surface area contributed by atoms with Gasteiger partial charge in [0.05, 0.1) is 18.7 Å². The third-order valence-electron chi connectivity index (χ3n) is 3.73. The summed E-state index contributed by atoms with van der Waals surface area (Å²) in [7, 11) is 3.08. The van der Waals surface area contributed by atoms with Crippen LogP contribution in [-0.4, -0.2) is 38.7 Å². The smallest absolute Gasteiger partial charge is 0.283 e. The van der Waals surface area contributed by atoms with Gasteiger partial charge >= 0.3 is 0 Å². The summed E-state index contributed by atoms with van der Waals surface area (Å²) in [6, 6.07) is 0. The molecule has 1 amide bonds. The minimum Gasteiger partial charge on any atom is -0.492 e. The summed E-state index contributed by atoms with van der Waals surface area (Å²) < 4.78 is 22.5. The minimum absolute atomic E-state index is 0.0851. The maximum atomic E-state index is 11.5. The standard InChI is InChI=1S/C14H16BrN3O6/c1-20-10-7(3-6-4-8(18-24-6)14(19)17-16)9(15)11(21-2)13-12(10)22-5-23-13/h6H,3-5,16H2,1-2H3,(H,17,19). The summed E-state index contributed by atoms with van der Waals surface area (Å²) in [6.07, 6.45) is 0.407. The zero-order valence-electron chi connectivity index (χ0n) is 13.1. The number of hydrogen-bond acceptors (Lipinski definition) is 8. The van der Waals surface area contributed by atoms with E-state index in [0.29, 0.717) is 40.3 Å². The maximum Gasteiger partial charge on any atom is 0.283 e. The Kier molecular flexibility index (Phi) is 4.67. The van der Waals surface area contributed by atoms with Crippen LogP contribution in [-0.2, 0) is 16.1 Å². The molecule has 2 aliphatic heterocycles. The molecule has 1 atom stereocenters. The molecule has 1 aromatic rings. The first kappa shape index (κ1) is 16.7. The Bertz CT molecular complexity index is 708. The van der Waals surface area contributed by atoms with Crippen molar-refractivity contribution in [3.8, 4) is 23.0 Å². The molecule has 130 valence electrons. The third-order valence-corrected chi connectivity index (χ3v) is 4.57. The lowest BCUT2D eigenvalue weighted by atomic mass is 10.0.